The monoisotopic (exact) mass is 396 g/mol. The average Bonchev–Trinajstić information content (AvgIpc) is 2.79. The number of benzene rings is 3. The van der Waals surface area contributed by atoms with Gasteiger partial charge in [0.1, 0.15) is 0 Å². The van der Waals surface area contributed by atoms with Gasteiger partial charge in [-0.2, -0.15) is 5.10 Å². The van der Waals surface area contributed by atoms with E-state index in [0.717, 1.165) is 16.6 Å². The van der Waals surface area contributed by atoms with Crippen LogP contribution in [0.4, 0.5) is 17.2 Å². The van der Waals surface area contributed by atoms with E-state index < -0.39 is 4.92 Å². The Bertz CT molecular complexity index is 1250. The molecule has 0 aliphatic rings. The van der Waals surface area contributed by atoms with E-state index in [2.05, 4.69) is 25.7 Å². The number of pyridine rings is 1. The largest absolute Gasteiger partial charge is 0.276 e. The number of aromatic nitrogens is 1. The molecule has 8 nitrogen and oxygen atoms in total. The molecular weight excluding hydrogens is 380 g/mol. The third-order valence-electron chi connectivity index (χ3n) is 4.21. The predicted octanol–water partition coefficient (Wildman–Crippen LogP) is 5.70. The van der Waals surface area contributed by atoms with Crippen LogP contribution in [0.1, 0.15) is 5.56 Å². The number of hydrazone groups is 1. The van der Waals surface area contributed by atoms with Crippen LogP contribution >= 0.6 is 0 Å². The molecule has 1 heterocycles. The van der Waals surface area contributed by atoms with Crippen LogP contribution in [0.3, 0.4) is 0 Å². The second-order valence-corrected chi connectivity index (χ2v) is 6.28. The fraction of sp³-hybridized carbons (Fsp3) is 0. The Hall–Kier alpha value is -4.46. The summed E-state index contributed by atoms with van der Waals surface area (Å²) in [4.78, 5) is 15.1. The molecule has 8 heteroatoms. The lowest BCUT2D eigenvalue weighted by atomic mass is 10.2. The molecule has 3 aromatic carbocycles. The number of azo groups is 1. The van der Waals surface area contributed by atoms with E-state index in [9.17, 15) is 10.1 Å². The normalized spacial score (nSPS) is 11.7. The predicted molar refractivity (Wildman–Crippen MR) is 116 cm³/mol. The van der Waals surface area contributed by atoms with Gasteiger partial charge in [0, 0.05) is 23.1 Å². The van der Waals surface area contributed by atoms with Crippen molar-refractivity contribution >= 4 is 33.9 Å². The summed E-state index contributed by atoms with van der Waals surface area (Å²) in [5.74, 6) is 0.601. The number of nitro groups is 1. The van der Waals surface area contributed by atoms with Crippen molar-refractivity contribution in [2.75, 3.05) is 5.43 Å². The van der Waals surface area contributed by atoms with Crippen LogP contribution in [0.15, 0.2) is 106 Å². The third kappa shape index (κ3) is 4.50. The molecule has 1 aromatic heterocycles. The van der Waals surface area contributed by atoms with Crippen LogP contribution in [0.5, 0.6) is 0 Å². The Morgan fingerprint density at radius 1 is 0.900 bits per heavy atom. The molecule has 146 valence electrons. The number of nitrogens with zero attached hydrogens (tertiary/aromatic N) is 5. The zero-order valence-corrected chi connectivity index (χ0v) is 15.7. The van der Waals surface area contributed by atoms with Crippen molar-refractivity contribution < 1.29 is 4.92 Å². The molecule has 0 unspecified atom stereocenters. The highest BCUT2D eigenvalue weighted by molar-refractivity contribution is 6.00. The first kappa shape index (κ1) is 18.9. The fourth-order valence-electron chi connectivity index (χ4n) is 2.74. The molecule has 0 aliphatic heterocycles. The van der Waals surface area contributed by atoms with E-state index in [0.29, 0.717) is 11.4 Å². The van der Waals surface area contributed by atoms with Gasteiger partial charge in [0.15, 0.2) is 5.82 Å². The van der Waals surface area contributed by atoms with Crippen LogP contribution < -0.4 is 5.43 Å². The van der Waals surface area contributed by atoms with Gasteiger partial charge in [-0.05, 0) is 30.3 Å². The Labute approximate surface area is 171 Å². The number of nitro benzene ring substituents is 1. The Balaban J connectivity index is 1.69. The molecule has 0 aliphatic carbocycles. The van der Waals surface area contributed by atoms with E-state index in [-0.39, 0.29) is 11.5 Å². The first-order valence-electron chi connectivity index (χ1n) is 9.10. The van der Waals surface area contributed by atoms with Gasteiger partial charge in [0.05, 0.1) is 16.1 Å². The van der Waals surface area contributed by atoms with Gasteiger partial charge in [-0.3, -0.25) is 15.5 Å². The summed E-state index contributed by atoms with van der Waals surface area (Å²) < 4.78 is 0. The van der Waals surface area contributed by atoms with Crippen molar-refractivity contribution in [2.45, 2.75) is 0 Å². The van der Waals surface area contributed by atoms with Crippen molar-refractivity contribution in [3.05, 3.63) is 107 Å². The first-order valence-corrected chi connectivity index (χ1v) is 9.10. The molecule has 1 N–H and O–H groups in total. The molecule has 0 saturated carbocycles. The second kappa shape index (κ2) is 8.70. The summed E-state index contributed by atoms with van der Waals surface area (Å²) in [6.45, 7) is 0. The van der Waals surface area contributed by atoms with Gasteiger partial charge >= 0.3 is 0 Å². The molecule has 4 rings (SSSR count). The van der Waals surface area contributed by atoms with Gasteiger partial charge in [-0.25, -0.2) is 4.98 Å². The molecule has 0 spiro atoms. The number of fused-ring (bicyclic) bond motifs is 1. The van der Waals surface area contributed by atoms with Crippen LogP contribution in [0.25, 0.3) is 10.9 Å². The van der Waals surface area contributed by atoms with E-state index in [1.165, 1.54) is 12.1 Å². The highest BCUT2D eigenvalue weighted by atomic mass is 16.6. The van der Waals surface area contributed by atoms with Crippen LogP contribution in [0, 0.1) is 10.1 Å². The van der Waals surface area contributed by atoms with Gasteiger partial charge in [-0.1, -0.05) is 48.5 Å². The van der Waals surface area contributed by atoms with Crippen molar-refractivity contribution in [2.24, 2.45) is 15.3 Å². The topological polar surface area (TPSA) is 105 Å². The zero-order valence-electron chi connectivity index (χ0n) is 15.7. The molecule has 0 amide bonds. The maximum atomic E-state index is 11.1. The summed E-state index contributed by atoms with van der Waals surface area (Å²) in [6, 6.07) is 26.7. The first-order chi connectivity index (χ1) is 14.7. The summed E-state index contributed by atoms with van der Waals surface area (Å²) in [6.07, 6.45) is 0. The lowest BCUT2D eigenvalue weighted by Gasteiger charge is -2.03. The quantitative estimate of drug-likeness (QED) is 0.153. The van der Waals surface area contributed by atoms with Crippen LogP contribution in [-0.4, -0.2) is 15.7 Å². The molecule has 30 heavy (non-hydrogen) atoms. The smallest absolute Gasteiger partial charge is 0.270 e. The van der Waals surface area contributed by atoms with Gasteiger partial charge in [0.2, 0.25) is 5.84 Å². The van der Waals surface area contributed by atoms with E-state index >= 15 is 0 Å². The Morgan fingerprint density at radius 3 is 2.53 bits per heavy atom. The highest BCUT2D eigenvalue weighted by Gasteiger charge is 2.10. The number of non-ortho nitro benzene ring substituents is 1. The third-order valence-corrected chi connectivity index (χ3v) is 4.21. The maximum absolute atomic E-state index is 11.1. The van der Waals surface area contributed by atoms with E-state index in [4.69, 9.17) is 0 Å². The van der Waals surface area contributed by atoms with Gasteiger partial charge < -0.3 is 0 Å². The number of nitrogens with one attached hydrogen (secondary N) is 1. The molecule has 4 aromatic rings. The number of hydrogen-bond donors (Lipinski definition) is 1. The van der Waals surface area contributed by atoms with Crippen molar-refractivity contribution in [3.8, 4) is 0 Å². The molecule has 0 fully saturated rings. The van der Waals surface area contributed by atoms with Crippen molar-refractivity contribution in [1.82, 2.24) is 4.98 Å². The lowest BCUT2D eigenvalue weighted by Crippen LogP contribution is -2.02. The lowest BCUT2D eigenvalue weighted by molar-refractivity contribution is -0.384. The maximum Gasteiger partial charge on any atom is 0.270 e. The minimum absolute atomic E-state index is 0.0565. The number of rotatable bonds is 5. The highest BCUT2D eigenvalue weighted by Crippen LogP contribution is 2.19. The number of amidine groups is 1. The van der Waals surface area contributed by atoms with Crippen LogP contribution in [-0.2, 0) is 0 Å². The van der Waals surface area contributed by atoms with Crippen molar-refractivity contribution in [1.29, 1.82) is 0 Å². The molecular formula is C22H16N6O2. The van der Waals surface area contributed by atoms with Crippen molar-refractivity contribution in [3.63, 3.8) is 0 Å². The van der Waals surface area contributed by atoms with Crippen LogP contribution in [0.2, 0.25) is 0 Å². The zero-order chi connectivity index (χ0) is 20.8. The minimum Gasteiger partial charge on any atom is -0.276 e. The summed E-state index contributed by atoms with van der Waals surface area (Å²) in [7, 11) is 0. The molecule has 0 bridgehead atoms. The SMILES string of the molecule is O=[N+]([O-])c1cccc(C(N=Nc2ccc3ccccc3n2)=NNc2ccccc2)c1. The Kier molecular flexibility index (Phi) is 5.47. The molecule has 0 saturated heterocycles. The van der Waals surface area contributed by atoms with Gasteiger partial charge in [-0.15, -0.1) is 10.2 Å². The standard InChI is InChI=1S/C22H16N6O2/c29-28(30)19-11-6-8-17(15-19)22(26-24-18-9-2-1-3-10-18)27-25-21-14-13-16-7-4-5-12-20(16)23-21/h1-15,24H. The fourth-order valence-corrected chi connectivity index (χ4v) is 2.74. The minimum atomic E-state index is -0.465. The summed E-state index contributed by atoms with van der Waals surface area (Å²) >= 11 is 0. The van der Waals surface area contributed by atoms with E-state index in [1.54, 1.807) is 18.2 Å². The summed E-state index contributed by atoms with van der Waals surface area (Å²) in [5, 5.41) is 24.8. The average molecular weight is 396 g/mol. The summed E-state index contributed by atoms with van der Waals surface area (Å²) in [5.41, 5.74) is 4.85. The number of hydrogen-bond acceptors (Lipinski definition) is 6. The van der Waals surface area contributed by atoms with Gasteiger partial charge in [0.25, 0.3) is 5.69 Å². The molecule has 0 radical (unpaired) electrons. The molecule has 0 atom stereocenters. The second-order valence-electron chi connectivity index (χ2n) is 6.28. The Morgan fingerprint density at radius 2 is 1.70 bits per heavy atom. The van der Waals surface area contributed by atoms with E-state index in [1.807, 2.05) is 60.7 Å². The number of para-hydroxylation sites is 2. The number of anilines is 1.